The molecule has 0 aliphatic heterocycles. The summed E-state index contributed by atoms with van der Waals surface area (Å²) in [5.74, 6) is -1.40. The van der Waals surface area contributed by atoms with Crippen molar-refractivity contribution >= 4 is 110 Å². The zero-order chi connectivity index (χ0) is 16.8. The number of hydrogen-bond donors (Lipinski definition) is 1. The van der Waals surface area contributed by atoms with Gasteiger partial charge >= 0.3 is 5.97 Å². The summed E-state index contributed by atoms with van der Waals surface area (Å²) in [5, 5.41) is 9.21. The van der Waals surface area contributed by atoms with Gasteiger partial charge in [-0.25, -0.2) is 4.79 Å². The van der Waals surface area contributed by atoms with E-state index in [0.29, 0.717) is 0 Å². The second-order valence-electron chi connectivity index (χ2n) is 3.71. The summed E-state index contributed by atoms with van der Waals surface area (Å²) in [7, 11) is 0. The van der Waals surface area contributed by atoms with Crippen molar-refractivity contribution in [2.75, 3.05) is 0 Å². The highest BCUT2D eigenvalue weighted by atomic mass is 35.6. The number of aromatic carboxylic acids is 1. The second kappa shape index (κ2) is 6.66. The molecule has 0 unspecified atom stereocenters. The van der Waals surface area contributed by atoms with Crippen molar-refractivity contribution in [3.63, 3.8) is 0 Å². The van der Waals surface area contributed by atoms with Gasteiger partial charge in [-0.3, -0.25) is 0 Å². The number of carboxylic acid groups (broad SMARTS) is 1. The lowest BCUT2D eigenvalue weighted by Crippen LogP contribution is -2.22. The highest BCUT2D eigenvalue weighted by Gasteiger charge is 2.43. The lowest BCUT2D eigenvalue weighted by atomic mass is 9.97. The van der Waals surface area contributed by atoms with Crippen LogP contribution in [-0.2, 0) is 11.4 Å². The van der Waals surface area contributed by atoms with E-state index in [9.17, 15) is 9.90 Å². The number of carbonyl (C=O) groups is 1. The molecule has 1 aromatic carbocycles. The first-order chi connectivity index (χ1) is 9.17. The van der Waals surface area contributed by atoms with Crippen LogP contribution in [0.3, 0.4) is 0 Å². The third kappa shape index (κ3) is 4.89. The van der Waals surface area contributed by atoms with E-state index in [2.05, 4.69) is 0 Å². The van der Waals surface area contributed by atoms with Crippen LogP contribution in [0.25, 0.3) is 0 Å². The molecule has 1 rings (SSSR count). The average Bonchev–Trinajstić information content (AvgIpc) is 2.23. The number of halogens is 9. The van der Waals surface area contributed by atoms with Crippen LogP contribution in [0.2, 0.25) is 0 Å². The molecule has 0 radical (unpaired) electrons. The van der Waals surface area contributed by atoms with Gasteiger partial charge in [0.15, 0.2) is 0 Å². The van der Waals surface area contributed by atoms with Crippen molar-refractivity contribution in [2.24, 2.45) is 0 Å². The van der Waals surface area contributed by atoms with Crippen molar-refractivity contribution in [1.82, 2.24) is 0 Å². The van der Waals surface area contributed by atoms with E-state index < -0.39 is 22.9 Å². The molecule has 0 amide bonds. The van der Waals surface area contributed by atoms with Crippen molar-refractivity contribution in [3.05, 3.63) is 34.4 Å². The fraction of sp³-hybridized carbons (Fsp3) is 0.300. The average molecular weight is 474 g/mol. The molecule has 0 aliphatic carbocycles. The zero-order valence-electron chi connectivity index (χ0n) is 9.41. The molecule has 0 saturated heterocycles. The second-order valence-corrected chi connectivity index (χ2v) is 10.6. The number of benzene rings is 1. The maximum atomic E-state index is 11.3. The molecule has 0 atom stereocenters. The third-order valence-electron chi connectivity index (χ3n) is 2.31. The Morgan fingerprint density at radius 2 is 1.19 bits per heavy atom. The van der Waals surface area contributed by atoms with Gasteiger partial charge in [0.25, 0.3) is 0 Å². The molecule has 11 heteroatoms. The van der Waals surface area contributed by atoms with Gasteiger partial charge in [0.1, 0.15) is 0 Å². The fourth-order valence-electron chi connectivity index (χ4n) is 1.61. The van der Waals surface area contributed by atoms with Gasteiger partial charge < -0.3 is 5.11 Å². The van der Waals surface area contributed by atoms with E-state index in [0.717, 1.165) is 6.07 Å². The van der Waals surface area contributed by atoms with Crippen molar-refractivity contribution < 1.29 is 9.90 Å². The van der Waals surface area contributed by atoms with Crippen LogP contribution in [-0.4, -0.2) is 11.1 Å². The largest absolute Gasteiger partial charge is 0.478 e. The molecule has 0 saturated carbocycles. The molecular formula is C10H3Cl9O2. The SMILES string of the molecule is O=C(O)c1ccc(C(Cl)(Cl)Cl)c(C(Cl)(Cl)Cl)c1C(Cl)(Cl)Cl. The van der Waals surface area contributed by atoms with Crippen LogP contribution in [0.4, 0.5) is 0 Å². The molecule has 1 aromatic rings. The first-order valence-electron chi connectivity index (χ1n) is 4.79. The van der Waals surface area contributed by atoms with E-state index in [4.69, 9.17) is 104 Å². The van der Waals surface area contributed by atoms with Gasteiger partial charge in [0.05, 0.1) is 5.56 Å². The first kappa shape index (κ1) is 20.3. The number of carboxylic acids is 1. The predicted molar refractivity (Wildman–Crippen MR) is 91.1 cm³/mol. The highest BCUT2D eigenvalue weighted by Crippen LogP contribution is 2.54. The van der Waals surface area contributed by atoms with Crippen molar-refractivity contribution in [2.45, 2.75) is 11.4 Å². The molecule has 0 aromatic heterocycles. The topological polar surface area (TPSA) is 37.3 Å². The molecule has 0 bridgehead atoms. The minimum absolute atomic E-state index is 0.112. The summed E-state index contributed by atoms with van der Waals surface area (Å²) in [6.07, 6.45) is 0. The van der Waals surface area contributed by atoms with Gasteiger partial charge in [0, 0.05) is 16.7 Å². The van der Waals surface area contributed by atoms with Gasteiger partial charge in [-0.2, -0.15) is 0 Å². The molecule has 0 spiro atoms. The summed E-state index contributed by atoms with van der Waals surface area (Å²) in [5.41, 5.74) is -1.20. The van der Waals surface area contributed by atoms with Gasteiger partial charge in [-0.05, 0) is 6.07 Å². The third-order valence-corrected chi connectivity index (χ3v) is 4.05. The van der Waals surface area contributed by atoms with Crippen LogP contribution < -0.4 is 0 Å². The highest BCUT2D eigenvalue weighted by molar-refractivity contribution is 6.70. The minimum atomic E-state index is -2.22. The van der Waals surface area contributed by atoms with Gasteiger partial charge in [-0.15, -0.1) is 0 Å². The molecule has 0 heterocycles. The quantitative estimate of drug-likeness (QED) is 0.452. The van der Waals surface area contributed by atoms with Crippen LogP contribution in [0.1, 0.15) is 27.0 Å². The summed E-state index contributed by atoms with van der Waals surface area (Å²) in [6, 6.07) is 2.27. The van der Waals surface area contributed by atoms with Gasteiger partial charge in [-0.1, -0.05) is 110 Å². The minimum Gasteiger partial charge on any atom is -0.478 e. The number of hydrogen-bond acceptors (Lipinski definition) is 1. The fourth-order valence-corrected chi connectivity index (χ4v) is 3.26. The molecule has 0 fully saturated rings. The number of alkyl halides is 9. The molecule has 1 N–H and O–H groups in total. The molecule has 118 valence electrons. The molecule has 2 nitrogen and oxygen atoms in total. The van der Waals surface area contributed by atoms with Crippen molar-refractivity contribution in [3.8, 4) is 0 Å². The van der Waals surface area contributed by atoms with E-state index in [1.807, 2.05) is 0 Å². The standard InChI is InChI=1S/C10H3Cl9O2/c11-8(12,13)4-2-1-3(7(20)21)5(9(14,15)16)6(4)10(17,18)19/h1-2H,(H,20,21). The zero-order valence-corrected chi connectivity index (χ0v) is 16.2. The summed E-state index contributed by atoms with van der Waals surface area (Å²) in [6.45, 7) is 0. The van der Waals surface area contributed by atoms with Crippen LogP contribution in [0, 0.1) is 0 Å². The van der Waals surface area contributed by atoms with E-state index in [1.165, 1.54) is 6.07 Å². The Labute approximate surface area is 165 Å². The first-order valence-corrected chi connectivity index (χ1v) is 8.19. The summed E-state index contributed by atoms with van der Waals surface area (Å²) < 4.78 is -6.44. The van der Waals surface area contributed by atoms with Crippen molar-refractivity contribution in [1.29, 1.82) is 0 Å². The molecular weight excluding hydrogens is 471 g/mol. The Morgan fingerprint density at radius 3 is 1.48 bits per heavy atom. The lowest BCUT2D eigenvalue weighted by molar-refractivity contribution is 0.0695. The maximum Gasteiger partial charge on any atom is 0.336 e. The Kier molecular flexibility index (Phi) is 6.45. The Balaban J connectivity index is 3.98. The molecule has 0 aliphatic rings. The monoisotopic (exact) mass is 470 g/mol. The predicted octanol–water partition coefficient (Wildman–Crippen LogP) is 6.86. The summed E-state index contributed by atoms with van der Waals surface area (Å²) in [4.78, 5) is 11.3. The lowest BCUT2D eigenvalue weighted by Gasteiger charge is -2.28. The smallest absolute Gasteiger partial charge is 0.336 e. The Hall–Kier alpha value is 1.30. The van der Waals surface area contributed by atoms with E-state index in [-0.39, 0.29) is 16.7 Å². The molecule has 21 heavy (non-hydrogen) atoms. The normalized spacial score (nSPS) is 13.4. The van der Waals surface area contributed by atoms with Gasteiger partial charge in [0.2, 0.25) is 11.4 Å². The number of rotatable bonds is 1. The summed E-state index contributed by atoms with van der Waals surface area (Å²) >= 11 is 52.3. The van der Waals surface area contributed by atoms with E-state index in [1.54, 1.807) is 0 Å². The Morgan fingerprint density at radius 1 is 0.762 bits per heavy atom. The Bertz CT molecular complexity index is 566. The maximum absolute atomic E-state index is 11.3. The van der Waals surface area contributed by atoms with E-state index >= 15 is 0 Å². The van der Waals surface area contributed by atoms with Crippen LogP contribution >= 0.6 is 104 Å². The van der Waals surface area contributed by atoms with Crippen LogP contribution in [0.15, 0.2) is 12.1 Å². The van der Waals surface area contributed by atoms with Crippen LogP contribution in [0.5, 0.6) is 0 Å².